The van der Waals surface area contributed by atoms with Gasteiger partial charge in [-0.2, -0.15) is 0 Å². The maximum atomic E-state index is 6.00. The summed E-state index contributed by atoms with van der Waals surface area (Å²) in [7, 11) is 0. The minimum Gasteiger partial charge on any atom is -0.346 e. The molecule has 2 aromatic heterocycles. The Hall–Kier alpha value is -1.29. The number of thiophene rings is 1. The van der Waals surface area contributed by atoms with Crippen molar-refractivity contribution in [2.45, 2.75) is 20.0 Å². The van der Waals surface area contributed by atoms with Crippen molar-refractivity contribution in [1.29, 1.82) is 0 Å². The van der Waals surface area contributed by atoms with Crippen LogP contribution in [0.4, 0.5) is 0 Å². The van der Waals surface area contributed by atoms with Crippen LogP contribution in [0.25, 0.3) is 10.9 Å². The number of fused-ring (bicyclic) bond motifs is 1. The fourth-order valence-electron chi connectivity index (χ4n) is 2.36. The topological polar surface area (TPSA) is 17.0 Å². The van der Waals surface area contributed by atoms with Gasteiger partial charge in [0.25, 0.3) is 0 Å². The fourth-order valence-corrected chi connectivity index (χ4v) is 3.40. The van der Waals surface area contributed by atoms with Crippen LogP contribution in [0, 0.1) is 6.92 Å². The number of rotatable bonds is 5. The van der Waals surface area contributed by atoms with Gasteiger partial charge in [-0.15, -0.1) is 11.3 Å². The van der Waals surface area contributed by atoms with E-state index >= 15 is 0 Å². The van der Waals surface area contributed by atoms with Crippen molar-refractivity contribution >= 4 is 33.8 Å². The van der Waals surface area contributed by atoms with Gasteiger partial charge in [-0.25, -0.2) is 0 Å². The van der Waals surface area contributed by atoms with E-state index < -0.39 is 0 Å². The van der Waals surface area contributed by atoms with Gasteiger partial charge in [0.2, 0.25) is 0 Å². The summed E-state index contributed by atoms with van der Waals surface area (Å²) in [5.41, 5.74) is 1.24. The first kappa shape index (κ1) is 13.7. The lowest BCUT2D eigenvalue weighted by Crippen LogP contribution is -2.18. The van der Waals surface area contributed by atoms with Crippen LogP contribution in [0.3, 0.4) is 0 Å². The Bertz CT molecular complexity index is 714. The lowest BCUT2D eigenvalue weighted by molar-refractivity contribution is 0.613. The van der Waals surface area contributed by atoms with Gasteiger partial charge in [-0.3, -0.25) is 0 Å². The standard InChI is InChI=1S/C16H17ClN2S/c1-12-2-4-15(20-12)11-18-7-9-19-8-6-13-10-14(17)3-5-16(13)19/h2-6,8,10,18H,7,9,11H2,1H3. The van der Waals surface area contributed by atoms with Crippen molar-refractivity contribution in [3.05, 3.63) is 57.4 Å². The normalized spacial score (nSPS) is 11.3. The summed E-state index contributed by atoms with van der Waals surface area (Å²) in [6, 6.07) is 12.5. The van der Waals surface area contributed by atoms with E-state index in [1.807, 2.05) is 23.5 Å². The minimum atomic E-state index is 0.793. The molecule has 0 aliphatic rings. The summed E-state index contributed by atoms with van der Waals surface area (Å²) in [5, 5.41) is 5.49. The number of benzene rings is 1. The Labute approximate surface area is 128 Å². The predicted molar refractivity (Wildman–Crippen MR) is 87.7 cm³/mol. The molecule has 104 valence electrons. The van der Waals surface area contributed by atoms with Crippen molar-refractivity contribution in [1.82, 2.24) is 9.88 Å². The zero-order valence-electron chi connectivity index (χ0n) is 11.4. The quantitative estimate of drug-likeness (QED) is 0.689. The van der Waals surface area contributed by atoms with E-state index in [1.165, 1.54) is 20.7 Å². The summed E-state index contributed by atoms with van der Waals surface area (Å²) in [6.07, 6.45) is 2.12. The smallest absolute Gasteiger partial charge is 0.0481 e. The molecule has 0 saturated heterocycles. The van der Waals surface area contributed by atoms with Crippen LogP contribution < -0.4 is 5.32 Å². The van der Waals surface area contributed by atoms with Crippen LogP contribution >= 0.6 is 22.9 Å². The van der Waals surface area contributed by atoms with E-state index in [-0.39, 0.29) is 0 Å². The van der Waals surface area contributed by atoms with E-state index in [2.05, 4.69) is 47.3 Å². The molecule has 0 atom stereocenters. The molecule has 4 heteroatoms. The molecular weight excluding hydrogens is 288 g/mol. The molecule has 0 saturated carbocycles. The van der Waals surface area contributed by atoms with E-state index in [4.69, 9.17) is 11.6 Å². The third kappa shape index (κ3) is 3.06. The first-order valence-corrected chi connectivity index (χ1v) is 7.92. The number of nitrogens with zero attached hydrogens (tertiary/aromatic N) is 1. The molecule has 3 rings (SSSR count). The van der Waals surface area contributed by atoms with Gasteiger partial charge < -0.3 is 9.88 Å². The molecule has 0 radical (unpaired) electrons. The van der Waals surface area contributed by atoms with E-state index in [0.717, 1.165) is 24.7 Å². The third-order valence-corrected chi connectivity index (χ3v) is 4.59. The fraction of sp³-hybridized carbons (Fsp3) is 0.250. The van der Waals surface area contributed by atoms with E-state index in [9.17, 15) is 0 Å². The van der Waals surface area contributed by atoms with E-state index in [0.29, 0.717) is 0 Å². The zero-order valence-corrected chi connectivity index (χ0v) is 13.0. The van der Waals surface area contributed by atoms with Gasteiger partial charge in [-0.1, -0.05) is 11.6 Å². The lowest BCUT2D eigenvalue weighted by atomic mass is 10.2. The highest BCUT2D eigenvalue weighted by Gasteiger charge is 2.01. The van der Waals surface area contributed by atoms with Gasteiger partial charge in [0.15, 0.2) is 0 Å². The first-order valence-electron chi connectivity index (χ1n) is 6.73. The minimum absolute atomic E-state index is 0.793. The molecular formula is C16H17ClN2S. The van der Waals surface area contributed by atoms with Crippen LogP contribution in [-0.2, 0) is 13.1 Å². The molecule has 1 aromatic carbocycles. The van der Waals surface area contributed by atoms with Crippen LogP contribution in [0.2, 0.25) is 5.02 Å². The Morgan fingerprint density at radius 3 is 2.90 bits per heavy atom. The summed E-state index contributed by atoms with van der Waals surface area (Å²) in [6.45, 7) is 5.02. The van der Waals surface area contributed by atoms with Gasteiger partial charge in [0, 0.05) is 51.5 Å². The number of aryl methyl sites for hydroxylation is 1. The SMILES string of the molecule is Cc1ccc(CNCCn2ccc3cc(Cl)ccc32)s1. The van der Waals surface area contributed by atoms with Crippen LogP contribution in [-0.4, -0.2) is 11.1 Å². The summed E-state index contributed by atoms with van der Waals surface area (Å²) in [5.74, 6) is 0. The molecule has 0 fully saturated rings. The zero-order chi connectivity index (χ0) is 13.9. The Balaban J connectivity index is 1.57. The molecule has 0 bridgehead atoms. The molecule has 0 spiro atoms. The highest BCUT2D eigenvalue weighted by Crippen LogP contribution is 2.20. The molecule has 2 nitrogen and oxygen atoms in total. The molecule has 20 heavy (non-hydrogen) atoms. The Kier molecular flexibility index (Phi) is 4.10. The maximum Gasteiger partial charge on any atom is 0.0481 e. The molecule has 0 unspecified atom stereocenters. The largest absolute Gasteiger partial charge is 0.346 e. The molecule has 3 aromatic rings. The Morgan fingerprint density at radius 2 is 2.10 bits per heavy atom. The van der Waals surface area contributed by atoms with Crippen molar-refractivity contribution in [3.8, 4) is 0 Å². The van der Waals surface area contributed by atoms with E-state index in [1.54, 1.807) is 0 Å². The number of nitrogens with one attached hydrogen (secondary N) is 1. The summed E-state index contributed by atoms with van der Waals surface area (Å²) >= 11 is 7.86. The third-order valence-electron chi connectivity index (χ3n) is 3.36. The second-order valence-electron chi connectivity index (χ2n) is 4.90. The van der Waals surface area contributed by atoms with Crippen LogP contribution in [0.15, 0.2) is 42.6 Å². The van der Waals surface area contributed by atoms with Gasteiger partial charge >= 0.3 is 0 Å². The van der Waals surface area contributed by atoms with Crippen LogP contribution in [0.1, 0.15) is 9.75 Å². The van der Waals surface area contributed by atoms with Gasteiger partial charge in [0.1, 0.15) is 0 Å². The average Bonchev–Trinajstić information content (AvgIpc) is 3.01. The average molecular weight is 305 g/mol. The van der Waals surface area contributed by atoms with Crippen molar-refractivity contribution in [3.63, 3.8) is 0 Å². The highest BCUT2D eigenvalue weighted by atomic mass is 35.5. The van der Waals surface area contributed by atoms with Crippen molar-refractivity contribution < 1.29 is 0 Å². The molecule has 1 N–H and O–H groups in total. The first-order chi connectivity index (χ1) is 9.72. The lowest BCUT2D eigenvalue weighted by Gasteiger charge is -2.06. The summed E-state index contributed by atoms with van der Waals surface area (Å²) in [4.78, 5) is 2.77. The van der Waals surface area contributed by atoms with Crippen LogP contribution in [0.5, 0.6) is 0 Å². The number of hydrogen-bond donors (Lipinski definition) is 1. The number of halogens is 1. The molecule has 0 aliphatic heterocycles. The predicted octanol–water partition coefficient (Wildman–Crippen LogP) is 4.45. The maximum absolute atomic E-state index is 6.00. The Morgan fingerprint density at radius 1 is 1.20 bits per heavy atom. The number of aromatic nitrogens is 1. The monoisotopic (exact) mass is 304 g/mol. The van der Waals surface area contributed by atoms with Gasteiger partial charge in [-0.05, 0) is 43.3 Å². The molecule has 0 aliphatic carbocycles. The van der Waals surface area contributed by atoms with Crippen molar-refractivity contribution in [2.75, 3.05) is 6.54 Å². The second-order valence-corrected chi connectivity index (χ2v) is 6.71. The molecule has 0 amide bonds. The summed E-state index contributed by atoms with van der Waals surface area (Å²) < 4.78 is 2.26. The van der Waals surface area contributed by atoms with Gasteiger partial charge in [0.05, 0.1) is 0 Å². The second kappa shape index (κ2) is 6.00. The van der Waals surface area contributed by atoms with Crippen molar-refractivity contribution in [2.24, 2.45) is 0 Å². The number of hydrogen-bond acceptors (Lipinski definition) is 2. The highest BCUT2D eigenvalue weighted by molar-refractivity contribution is 7.11. The molecule has 2 heterocycles.